The van der Waals surface area contributed by atoms with Crippen LogP contribution >= 0.6 is 24.0 Å². The SMILES string of the molecule is CN=C(NCCCNC(=O)OC(C)(C)C)NC1CCN(C(=O)C2CCCC2)C1.I. The molecule has 3 N–H and O–H groups in total. The Morgan fingerprint density at radius 2 is 1.76 bits per heavy atom. The van der Waals surface area contributed by atoms with E-state index in [4.69, 9.17) is 4.74 Å². The molecule has 0 aromatic carbocycles. The van der Waals surface area contributed by atoms with Crippen LogP contribution in [0.4, 0.5) is 4.79 Å². The topological polar surface area (TPSA) is 95.1 Å². The molecule has 0 bridgehead atoms. The van der Waals surface area contributed by atoms with E-state index in [1.165, 1.54) is 12.8 Å². The summed E-state index contributed by atoms with van der Waals surface area (Å²) in [6.07, 6.45) is 5.78. The first-order valence-corrected chi connectivity index (χ1v) is 10.5. The van der Waals surface area contributed by atoms with Crippen LogP contribution in [0.15, 0.2) is 4.99 Å². The van der Waals surface area contributed by atoms with Crippen LogP contribution in [0.1, 0.15) is 59.3 Å². The molecule has 1 atom stereocenters. The highest BCUT2D eigenvalue weighted by molar-refractivity contribution is 14.0. The van der Waals surface area contributed by atoms with Crippen molar-refractivity contribution in [2.75, 3.05) is 33.2 Å². The van der Waals surface area contributed by atoms with Gasteiger partial charge in [0.15, 0.2) is 5.96 Å². The van der Waals surface area contributed by atoms with Crippen LogP contribution in [0.25, 0.3) is 0 Å². The second kappa shape index (κ2) is 12.4. The molecule has 1 saturated carbocycles. The van der Waals surface area contributed by atoms with Crippen LogP contribution in [0.5, 0.6) is 0 Å². The summed E-state index contributed by atoms with van der Waals surface area (Å²) < 4.78 is 5.20. The highest BCUT2D eigenvalue weighted by atomic mass is 127. The molecule has 2 aliphatic rings. The molecular formula is C20H38IN5O3. The number of guanidine groups is 1. The van der Waals surface area contributed by atoms with Gasteiger partial charge in [-0.25, -0.2) is 4.79 Å². The Morgan fingerprint density at radius 3 is 2.38 bits per heavy atom. The van der Waals surface area contributed by atoms with Crippen molar-refractivity contribution in [2.24, 2.45) is 10.9 Å². The molecule has 0 aromatic rings. The third-order valence-corrected chi connectivity index (χ3v) is 5.08. The zero-order valence-electron chi connectivity index (χ0n) is 18.3. The number of likely N-dealkylation sites (tertiary alicyclic amines) is 1. The predicted molar refractivity (Wildman–Crippen MR) is 126 cm³/mol. The summed E-state index contributed by atoms with van der Waals surface area (Å²) in [4.78, 5) is 30.4. The monoisotopic (exact) mass is 523 g/mol. The molecule has 168 valence electrons. The maximum absolute atomic E-state index is 12.5. The molecule has 1 unspecified atom stereocenters. The minimum absolute atomic E-state index is 0. The number of nitrogens with zero attached hydrogens (tertiary/aromatic N) is 2. The zero-order chi connectivity index (χ0) is 20.6. The maximum Gasteiger partial charge on any atom is 0.407 e. The van der Waals surface area contributed by atoms with E-state index in [9.17, 15) is 9.59 Å². The molecule has 0 spiro atoms. The summed E-state index contributed by atoms with van der Waals surface area (Å²) in [5.74, 6) is 1.31. The van der Waals surface area contributed by atoms with E-state index in [-0.39, 0.29) is 35.9 Å². The quantitative estimate of drug-likeness (QED) is 0.215. The first-order valence-electron chi connectivity index (χ1n) is 10.5. The number of carbonyl (C=O) groups excluding carboxylic acids is 2. The largest absolute Gasteiger partial charge is 0.444 e. The number of carbonyl (C=O) groups is 2. The van der Waals surface area contributed by atoms with Crippen LogP contribution in [0, 0.1) is 5.92 Å². The number of nitrogens with one attached hydrogen (secondary N) is 3. The fourth-order valence-electron chi connectivity index (χ4n) is 3.70. The number of aliphatic imine (C=N–C) groups is 1. The Balaban J connectivity index is 0.00000420. The molecule has 1 aliphatic heterocycles. The minimum atomic E-state index is -0.484. The van der Waals surface area contributed by atoms with Gasteiger partial charge in [-0.05, 0) is 46.5 Å². The molecule has 1 heterocycles. The molecule has 1 aliphatic carbocycles. The Labute approximate surface area is 192 Å². The number of ether oxygens (including phenoxy) is 1. The molecule has 2 rings (SSSR count). The number of hydrogen-bond donors (Lipinski definition) is 3. The summed E-state index contributed by atoms with van der Waals surface area (Å²) in [5, 5.41) is 9.41. The summed E-state index contributed by atoms with van der Waals surface area (Å²) >= 11 is 0. The van der Waals surface area contributed by atoms with Crippen molar-refractivity contribution in [1.82, 2.24) is 20.9 Å². The van der Waals surface area contributed by atoms with Crippen molar-refractivity contribution in [2.45, 2.75) is 70.9 Å². The average molecular weight is 523 g/mol. The highest BCUT2D eigenvalue weighted by Gasteiger charge is 2.32. The summed E-state index contributed by atoms with van der Waals surface area (Å²) in [6, 6.07) is 0.233. The lowest BCUT2D eigenvalue weighted by Gasteiger charge is -2.21. The number of hydrogen-bond acceptors (Lipinski definition) is 4. The maximum atomic E-state index is 12.5. The van der Waals surface area contributed by atoms with E-state index in [1.54, 1.807) is 7.05 Å². The third-order valence-electron chi connectivity index (χ3n) is 5.08. The van der Waals surface area contributed by atoms with Crippen molar-refractivity contribution < 1.29 is 14.3 Å². The van der Waals surface area contributed by atoms with Crippen LogP contribution in [-0.2, 0) is 9.53 Å². The van der Waals surface area contributed by atoms with Gasteiger partial charge in [0, 0.05) is 45.2 Å². The first kappa shape index (κ1) is 25.8. The zero-order valence-corrected chi connectivity index (χ0v) is 20.6. The van der Waals surface area contributed by atoms with Crippen LogP contribution in [0.2, 0.25) is 0 Å². The normalized spacial score (nSPS) is 20.2. The molecular weight excluding hydrogens is 485 g/mol. The molecule has 2 amide bonds. The van der Waals surface area contributed by atoms with Crippen molar-refractivity contribution >= 4 is 41.9 Å². The number of halogens is 1. The molecule has 8 nitrogen and oxygen atoms in total. The van der Waals surface area contributed by atoms with Crippen LogP contribution < -0.4 is 16.0 Å². The van der Waals surface area contributed by atoms with Gasteiger partial charge in [0.1, 0.15) is 5.60 Å². The van der Waals surface area contributed by atoms with Gasteiger partial charge in [0.25, 0.3) is 0 Å². The van der Waals surface area contributed by atoms with Crippen molar-refractivity contribution in [3.05, 3.63) is 0 Å². The lowest BCUT2D eigenvalue weighted by Crippen LogP contribution is -2.46. The van der Waals surface area contributed by atoms with Gasteiger partial charge in [-0.1, -0.05) is 12.8 Å². The number of rotatable bonds is 6. The fraction of sp³-hybridized carbons (Fsp3) is 0.850. The Morgan fingerprint density at radius 1 is 1.10 bits per heavy atom. The van der Waals surface area contributed by atoms with E-state index in [0.29, 0.717) is 19.0 Å². The predicted octanol–water partition coefficient (Wildman–Crippen LogP) is 2.48. The lowest BCUT2D eigenvalue weighted by atomic mass is 10.1. The van der Waals surface area contributed by atoms with Crippen molar-refractivity contribution in [1.29, 1.82) is 0 Å². The molecule has 0 aromatic heterocycles. The van der Waals surface area contributed by atoms with Gasteiger partial charge in [0.2, 0.25) is 5.91 Å². The highest BCUT2D eigenvalue weighted by Crippen LogP contribution is 2.27. The number of alkyl carbamates (subject to hydrolysis) is 1. The smallest absolute Gasteiger partial charge is 0.407 e. The summed E-state index contributed by atoms with van der Waals surface area (Å²) in [7, 11) is 1.74. The second-order valence-electron chi connectivity index (χ2n) is 8.68. The van der Waals surface area contributed by atoms with Crippen LogP contribution in [-0.4, -0.2) is 67.7 Å². The average Bonchev–Trinajstić information content (AvgIpc) is 3.30. The van der Waals surface area contributed by atoms with Crippen LogP contribution in [0.3, 0.4) is 0 Å². The molecule has 1 saturated heterocycles. The standard InChI is InChI=1S/C20H37N5O3.HI/c1-20(2,3)28-19(27)23-12-7-11-22-18(21-4)24-16-10-13-25(14-16)17(26)15-8-5-6-9-15;/h15-16H,5-14H2,1-4H3,(H,23,27)(H2,21,22,24);1H. The van der Waals surface area contributed by atoms with E-state index in [0.717, 1.165) is 44.7 Å². The van der Waals surface area contributed by atoms with E-state index in [1.807, 2.05) is 25.7 Å². The molecule has 0 radical (unpaired) electrons. The van der Waals surface area contributed by atoms with Crippen molar-refractivity contribution in [3.63, 3.8) is 0 Å². The lowest BCUT2D eigenvalue weighted by molar-refractivity contribution is -0.134. The molecule has 9 heteroatoms. The number of amides is 2. The Bertz CT molecular complexity index is 559. The Hall–Kier alpha value is -1.26. The van der Waals surface area contributed by atoms with E-state index >= 15 is 0 Å². The summed E-state index contributed by atoms with van der Waals surface area (Å²) in [5.41, 5.74) is -0.484. The molecule has 29 heavy (non-hydrogen) atoms. The molecule has 2 fully saturated rings. The minimum Gasteiger partial charge on any atom is -0.444 e. The van der Waals surface area contributed by atoms with Crippen molar-refractivity contribution in [3.8, 4) is 0 Å². The second-order valence-corrected chi connectivity index (χ2v) is 8.68. The van der Waals surface area contributed by atoms with E-state index in [2.05, 4.69) is 20.9 Å². The van der Waals surface area contributed by atoms with Gasteiger partial charge >= 0.3 is 6.09 Å². The van der Waals surface area contributed by atoms with Gasteiger partial charge in [0.05, 0.1) is 0 Å². The van der Waals surface area contributed by atoms with Gasteiger partial charge in [-0.2, -0.15) is 0 Å². The van der Waals surface area contributed by atoms with Gasteiger partial charge in [-0.15, -0.1) is 24.0 Å². The Kier molecular flexibility index (Phi) is 11.1. The summed E-state index contributed by atoms with van der Waals surface area (Å²) in [6.45, 7) is 8.32. The van der Waals surface area contributed by atoms with E-state index < -0.39 is 11.7 Å². The van der Waals surface area contributed by atoms with Gasteiger partial charge in [-0.3, -0.25) is 9.79 Å². The third kappa shape index (κ3) is 9.39. The fourth-order valence-corrected chi connectivity index (χ4v) is 3.70. The van der Waals surface area contributed by atoms with Gasteiger partial charge < -0.3 is 25.6 Å². The first-order chi connectivity index (χ1) is 13.3.